The number of nitrogens with zero attached hydrogens (tertiary/aromatic N) is 3. The molecule has 0 spiro atoms. The molecular formula is C19H22N4O3S2. The first kappa shape index (κ1) is 19.2. The molecule has 1 aliphatic rings. The molecule has 0 aliphatic heterocycles. The van der Waals surface area contributed by atoms with Gasteiger partial charge in [-0.2, -0.15) is 0 Å². The Balaban J connectivity index is 1.48. The number of anilines is 1. The number of carbonyl (C=O) groups excluding carboxylic acids is 1. The molecule has 0 saturated heterocycles. The fourth-order valence-electron chi connectivity index (χ4n) is 3.23. The summed E-state index contributed by atoms with van der Waals surface area (Å²) in [6, 6.07) is 1.73. The fraction of sp³-hybridized carbons (Fsp3) is 0.474. The Morgan fingerprint density at radius 2 is 2.18 bits per heavy atom. The minimum atomic E-state index is -0.232. The highest BCUT2D eigenvalue weighted by atomic mass is 32.2. The number of aryl methyl sites for hydroxylation is 2. The fourth-order valence-corrected chi connectivity index (χ4v) is 5.30. The molecule has 0 atom stereocenters. The van der Waals surface area contributed by atoms with E-state index in [1.54, 1.807) is 24.5 Å². The first-order chi connectivity index (χ1) is 13.2. The minimum absolute atomic E-state index is 0.0302. The van der Waals surface area contributed by atoms with Crippen molar-refractivity contribution in [3.63, 3.8) is 0 Å². The molecule has 3 aromatic heterocycles. The van der Waals surface area contributed by atoms with E-state index < -0.39 is 0 Å². The maximum absolute atomic E-state index is 12.8. The Bertz CT molecular complexity index is 1120. The topological polar surface area (TPSA) is 90.0 Å². The Labute approximate surface area is 170 Å². The first-order valence-corrected chi connectivity index (χ1v) is 11.0. The van der Waals surface area contributed by atoms with E-state index in [1.165, 1.54) is 26.8 Å². The first-order valence-electron chi connectivity index (χ1n) is 9.15. The molecule has 7 nitrogen and oxygen atoms in total. The predicted octanol–water partition coefficient (Wildman–Crippen LogP) is 3.50. The number of nitrogens with one attached hydrogen (secondary N) is 1. The van der Waals surface area contributed by atoms with Crippen LogP contribution in [0, 0.1) is 0 Å². The Morgan fingerprint density at radius 1 is 1.39 bits per heavy atom. The number of thiophene rings is 1. The highest BCUT2D eigenvalue weighted by Gasteiger charge is 2.23. The van der Waals surface area contributed by atoms with Crippen LogP contribution in [0.15, 0.2) is 20.5 Å². The lowest BCUT2D eigenvalue weighted by Gasteiger charge is -2.12. The summed E-state index contributed by atoms with van der Waals surface area (Å²) in [4.78, 5) is 31.8. The van der Waals surface area contributed by atoms with Crippen molar-refractivity contribution in [2.24, 2.45) is 7.05 Å². The SMILES string of the molecule is Cn1c(SCC(=O)Nc2cc(C(C)(C)C)no2)nc2sc3c(c2c1=O)CCC3. The van der Waals surface area contributed by atoms with E-state index >= 15 is 0 Å². The normalized spacial score (nSPS) is 13.9. The number of amides is 1. The van der Waals surface area contributed by atoms with Gasteiger partial charge in [-0.3, -0.25) is 19.5 Å². The second kappa shape index (κ2) is 7.04. The van der Waals surface area contributed by atoms with E-state index in [-0.39, 0.29) is 22.6 Å². The van der Waals surface area contributed by atoms with Crippen molar-refractivity contribution in [2.45, 2.75) is 50.6 Å². The lowest BCUT2D eigenvalue weighted by molar-refractivity contribution is -0.113. The third-order valence-electron chi connectivity index (χ3n) is 4.78. The summed E-state index contributed by atoms with van der Waals surface area (Å²) in [6.45, 7) is 6.07. The van der Waals surface area contributed by atoms with E-state index in [1.807, 2.05) is 20.8 Å². The minimum Gasteiger partial charge on any atom is -0.338 e. The van der Waals surface area contributed by atoms with Crippen LogP contribution in [-0.4, -0.2) is 26.4 Å². The smallest absolute Gasteiger partial charge is 0.262 e. The van der Waals surface area contributed by atoms with Gasteiger partial charge < -0.3 is 4.52 Å². The number of carbonyl (C=O) groups is 1. The van der Waals surface area contributed by atoms with E-state index in [2.05, 4.69) is 15.5 Å². The van der Waals surface area contributed by atoms with Crippen LogP contribution in [0.3, 0.4) is 0 Å². The third-order valence-corrected chi connectivity index (χ3v) is 6.99. The van der Waals surface area contributed by atoms with E-state index in [0.717, 1.165) is 35.2 Å². The van der Waals surface area contributed by atoms with E-state index in [4.69, 9.17) is 4.52 Å². The average Bonchev–Trinajstić information content (AvgIpc) is 3.31. The number of hydrogen-bond donors (Lipinski definition) is 1. The molecule has 3 aromatic rings. The van der Waals surface area contributed by atoms with Crippen LogP contribution in [0.4, 0.5) is 5.88 Å². The van der Waals surface area contributed by atoms with Crippen LogP contribution in [0.5, 0.6) is 0 Å². The van der Waals surface area contributed by atoms with Crippen LogP contribution in [0.1, 0.15) is 43.3 Å². The van der Waals surface area contributed by atoms with Gasteiger partial charge in [-0.1, -0.05) is 37.7 Å². The van der Waals surface area contributed by atoms with Crippen LogP contribution in [-0.2, 0) is 30.1 Å². The van der Waals surface area contributed by atoms with Gasteiger partial charge in [0.15, 0.2) is 5.16 Å². The molecule has 1 aliphatic carbocycles. The van der Waals surface area contributed by atoms with Crippen molar-refractivity contribution >= 4 is 45.1 Å². The van der Waals surface area contributed by atoms with Gasteiger partial charge in [-0.25, -0.2) is 4.98 Å². The van der Waals surface area contributed by atoms with Crippen LogP contribution < -0.4 is 10.9 Å². The van der Waals surface area contributed by atoms with Crippen molar-refractivity contribution in [3.05, 3.63) is 32.6 Å². The van der Waals surface area contributed by atoms with Gasteiger partial charge in [0.25, 0.3) is 5.56 Å². The summed E-state index contributed by atoms with van der Waals surface area (Å²) in [6.07, 6.45) is 3.09. The molecule has 148 valence electrons. The number of rotatable bonds is 4. The molecule has 0 saturated carbocycles. The van der Waals surface area contributed by atoms with Crippen LogP contribution in [0.25, 0.3) is 10.2 Å². The molecule has 0 unspecified atom stereocenters. The molecule has 0 fully saturated rings. The van der Waals surface area contributed by atoms with Gasteiger partial charge in [-0.15, -0.1) is 11.3 Å². The van der Waals surface area contributed by atoms with Crippen LogP contribution >= 0.6 is 23.1 Å². The zero-order valence-corrected chi connectivity index (χ0v) is 17.9. The Morgan fingerprint density at radius 3 is 2.89 bits per heavy atom. The number of aromatic nitrogens is 3. The molecule has 0 bridgehead atoms. The molecule has 3 heterocycles. The highest BCUT2D eigenvalue weighted by molar-refractivity contribution is 7.99. The van der Waals surface area contributed by atoms with Crippen molar-refractivity contribution in [1.82, 2.24) is 14.7 Å². The second-order valence-corrected chi connectivity index (χ2v) is 9.99. The molecule has 0 aromatic carbocycles. The van der Waals surface area contributed by atoms with Crippen molar-refractivity contribution in [3.8, 4) is 0 Å². The van der Waals surface area contributed by atoms with Gasteiger partial charge in [-0.05, 0) is 24.8 Å². The Kier molecular flexibility index (Phi) is 4.83. The van der Waals surface area contributed by atoms with Crippen molar-refractivity contribution in [1.29, 1.82) is 0 Å². The molecule has 1 amide bonds. The largest absolute Gasteiger partial charge is 0.338 e. The summed E-state index contributed by atoms with van der Waals surface area (Å²) >= 11 is 2.84. The van der Waals surface area contributed by atoms with Gasteiger partial charge in [0.2, 0.25) is 11.8 Å². The number of fused-ring (bicyclic) bond motifs is 3. The molecule has 1 N–H and O–H groups in total. The number of thioether (sulfide) groups is 1. The Hall–Kier alpha value is -2.13. The standard InChI is InChI=1S/C19H22N4O3S2/c1-19(2,3)12-8-14(26-22-12)20-13(24)9-27-18-21-16-15(17(25)23(18)4)10-6-5-7-11(10)28-16/h8H,5-7,9H2,1-4H3,(H,20,24). The van der Waals surface area contributed by atoms with Gasteiger partial charge in [0.1, 0.15) is 4.83 Å². The van der Waals surface area contributed by atoms with Gasteiger partial charge in [0, 0.05) is 23.4 Å². The summed E-state index contributed by atoms with van der Waals surface area (Å²) in [5, 5.41) is 7.99. The molecule has 4 rings (SSSR count). The predicted molar refractivity (Wildman–Crippen MR) is 111 cm³/mol. The quantitative estimate of drug-likeness (QED) is 0.515. The summed E-state index contributed by atoms with van der Waals surface area (Å²) in [5.74, 6) is 0.217. The lowest BCUT2D eigenvalue weighted by atomic mass is 9.92. The summed E-state index contributed by atoms with van der Waals surface area (Å²) in [7, 11) is 1.71. The van der Waals surface area contributed by atoms with Gasteiger partial charge in [0.05, 0.1) is 16.8 Å². The lowest BCUT2D eigenvalue weighted by Crippen LogP contribution is -2.21. The highest BCUT2D eigenvalue weighted by Crippen LogP contribution is 2.35. The zero-order valence-electron chi connectivity index (χ0n) is 16.3. The molecule has 28 heavy (non-hydrogen) atoms. The van der Waals surface area contributed by atoms with Gasteiger partial charge >= 0.3 is 0 Å². The molecular weight excluding hydrogens is 396 g/mol. The average molecular weight is 419 g/mol. The summed E-state index contributed by atoms with van der Waals surface area (Å²) < 4.78 is 6.73. The van der Waals surface area contributed by atoms with E-state index in [9.17, 15) is 9.59 Å². The third kappa shape index (κ3) is 3.48. The zero-order chi connectivity index (χ0) is 20.1. The maximum atomic E-state index is 12.8. The molecule has 9 heteroatoms. The maximum Gasteiger partial charge on any atom is 0.262 e. The van der Waals surface area contributed by atoms with Crippen molar-refractivity contribution < 1.29 is 9.32 Å². The van der Waals surface area contributed by atoms with Crippen molar-refractivity contribution in [2.75, 3.05) is 11.1 Å². The monoisotopic (exact) mass is 418 g/mol. The summed E-state index contributed by atoms with van der Waals surface area (Å²) in [5.41, 5.74) is 1.76. The number of hydrogen-bond acceptors (Lipinski definition) is 7. The van der Waals surface area contributed by atoms with E-state index in [0.29, 0.717) is 11.0 Å². The second-order valence-electron chi connectivity index (χ2n) is 7.96. The molecule has 0 radical (unpaired) electrons. The van der Waals surface area contributed by atoms with Crippen LogP contribution in [0.2, 0.25) is 0 Å².